The Balaban J connectivity index is 2.22. The molecule has 0 saturated heterocycles. The van der Waals surface area contributed by atoms with Crippen LogP contribution in [-0.2, 0) is 19.4 Å². The van der Waals surface area contributed by atoms with Gasteiger partial charge in [0.15, 0.2) is 5.16 Å². The van der Waals surface area contributed by atoms with Gasteiger partial charge >= 0.3 is 0 Å². The molecule has 2 aromatic rings. The first-order valence-electron chi connectivity index (χ1n) is 7.55. The summed E-state index contributed by atoms with van der Waals surface area (Å²) in [5.41, 5.74) is 1.33. The van der Waals surface area contributed by atoms with Crippen LogP contribution >= 0.6 is 23.1 Å². The maximum Gasteiger partial charge on any atom is 0.263 e. The normalized spacial score (nSPS) is 17.4. The molecule has 3 nitrogen and oxygen atoms in total. The molecule has 0 spiro atoms. The van der Waals surface area contributed by atoms with Crippen molar-refractivity contribution >= 4 is 33.3 Å². The van der Waals surface area contributed by atoms with Crippen LogP contribution in [-0.4, -0.2) is 15.3 Å². The van der Waals surface area contributed by atoms with Crippen LogP contribution in [0.25, 0.3) is 10.2 Å². The number of thiophene rings is 1. The first kappa shape index (κ1) is 15.6. The van der Waals surface area contributed by atoms with Crippen LogP contribution < -0.4 is 5.56 Å². The molecular weight excluding hydrogens is 312 g/mol. The molecule has 1 atom stereocenters. The van der Waals surface area contributed by atoms with Crippen LogP contribution in [0.5, 0.6) is 0 Å². The molecule has 0 amide bonds. The molecule has 5 heteroatoms. The van der Waals surface area contributed by atoms with Gasteiger partial charge in [-0.15, -0.1) is 24.5 Å². The van der Waals surface area contributed by atoms with E-state index in [2.05, 4.69) is 20.1 Å². The van der Waals surface area contributed by atoms with E-state index in [0.29, 0.717) is 12.5 Å². The monoisotopic (exact) mass is 332 g/mol. The number of allylic oxidation sites excluding steroid dienone is 1. The lowest BCUT2D eigenvalue weighted by molar-refractivity contribution is 0.508. The third-order valence-electron chi connectivity index (χ3n) is 4.02. The molecular formula is C17H20N2OS2. The number of thioether (sulfide) groups is 1. The third kappa shape index (κ3) is 2.68. The molecule has 0 fully saturated rings. The van der Waals surface area contributed by atoms with E-state index in [4.69, 9.17) is 4.98 Å². The largest absolute Gasteiger partial charge is 0.283 e. The molecule has 0 radical (unpaired) electrons. The maximum absolute atomic E-state index is 13.0. The summed E-state index contributed by atoms with van der Waals surface area (Å²) in [5.74, 6) is 1.39. The lowest BCUT2D eigenvalue weighted by atomic mass is 9.89. The van der Waals surface area contributed by atoms with Gasteiger partial charge in [-0.3, -0.25) is 9.36 Å². The number of fused-ring (bicyclic) bond motifs is 3. The zero-order valence-electron chi connectivity index (χ0n) is 12.8. The van der Waals surface area contributed by atoms with Crippen molar-refractivity contribution in [1.29, 1.82) is 0 Å². The van der Waals surface area contributed by atoms with Crippen LogP contribution in [0.4, 0.5) is 0 Å². The quantitative estimate of drug-likeness (QED) is 0.471. The zero-order valence-corrected chi connectivity index (χ0v) is 14.4. The van der Waals surface area contributed by atoms with Crippen molar-refractivity contribution in [2.75, 3.05) is 5.75 Å². The van der Waals surface area contributed by atoms with Gasteiger partial charge in [-0.05, 0) is 30.7 Å². The van der Waals surface area contributed by atoms with Gasteiger partial charge < -0.3 is 0 Å². The van der Waals surface area contributed by atoms with Crippen molar-refractivity contribution in [1.82, 2.24) is 9.55 Å². The van der Waals surface area contributed by atoms with E-state index >= 15 is 0 Å². The second kappa shape index (κ2) is 6.42. The van der Waals surface area contributed by atoms with Crippen molar-refractivity contribution in [2.24, 2.45) is 5.92 Å². The van der Waals surface area contributed by atoms with Gasteiger partial charge in [-0.1, -0.05) is 30.8 Å². The molecule has 22 heavy (non-hydrogen) atoms. The van der Waals surface area contributed by atoms with Crippen LogP contribution in [0.3, 0.4) is 0 Å². The van der Waals surface area contributed by atoms with E-state index in [0.717, 1.165) is 34.0 Å². The minimum Gasteiger partial charge on any atom is -0.283 e. The highest BCUT2D eigenvalue weighted by molar-refractivity contribution is 7.99. The highest BCUT2D eigenvalue weighted by Gasteiger charge is 2.24. The average molecular weight is 332 g/mol. The fraction of sp³-hybridized carbons (Fsp3) is 0.412. The molecule has 0 bridgehead atoms. The second-order valence-electron chi connectivity index (χ2n) is 5.73. The first-order valence-corrected chi connectivity index (χ1v) is 9.35. The summed E-state index contributed by atoms with van der Waals surface area (Å²) in [7, 11) is 0. The molecule has 0 saturated carbocycles. The number of hydrogen-bond donors (Lipinski definition) is 0. The lowest BCUT2D eigenvalue weighted by Crippen LogP contribution is -2.23. The van der Waals surface area contributed by atoms with Gasteiger partial charge in [0, 0.05) is 17.2 Å². The summed E-state index contributed by atoms with van der Waals surface area (Å²) in [6.45, 7) is 10.3. The Morgan fingerprint density at radius 3 is 3.00 bits per heavy atom. The van der Waals surface area contributed by atoms with Crippen LogP contribution in [0, 0.1) is 5.92 Å². The highest BCUT2D eigenvalue weighted by atomic mass is 32.2. The van der Waals surface area contributed by atoms with Crippen molar-refractivity contribution in [3.05, 3.63) is 46.1 Å². The molecule has 0 aromatic carbocycles. The van der Waals surface area contributed by atoms with Crippen LogP contribution in [0.2, 0.25) is 0 Å². The van der Waals surface area contributed by atoms with E-state index < -0.39 is 0 Å². The average Bonchev–Trinajstić information content (AvgIpc) is 2.86. The Labute approximate surface area is 138 Å². The summed E-state index contributed by atoms with van der Waals surface area (Å²) in [4.78, 5) is 20.0. The Morgan fingerprint density at radius 2 is 2.27 bits per heavy atom. The smallest absolute Gasteiger partial charge is 0.263 e. The highest BCUT2D eigenvalue weighted by Crippen LogP contribution is 2.36. The van der Waals surface area contributed by atoms with Crippen molar-refractivity contribution < 1.29 is 0 Å². The summed E-state index contributed by atoms with van der Waals surface area (Å²) < 4.78 is 1.75. The summed E-state index contributed by atoms with van der Waals surface area (Å²) >= 11 is 3.26. The number of rotatable bonds is 5. The SMILES string of the molecule is C=CCSc1nc2sc3c(c2c(=O)n1CC=C)CC(C)CC3. The standard InChI is InChI=1S/C17H20N2OS2/c1-4-8-19-16(20)14-12-10-11(3)6-7-13(12)22-15(14)18-17(19)21-9-5-2/h4-5,11H,1-2,6-10H2,3H3. The molecule has 1 aliphatic rings. The van der Waals surface area contributed by atoms with E-state index in [9.17, 15) is 4.79 Å². The van der Waals surface area contributed by atoms with Crippen molar-refractivity contribution in [2.45, 2.75) is 37.9 Å². The molecule has 3 rings (SSSR count). The predicted octanol–water partition coefficient (Wildman–Crippen LogP) is 4.05. The van der Waals surface area contributed by atoms with Crippen molar-refractivity contribution in [3.8, 4) is 0 Å². The van der Waals surface area contributed by atoms with Crippen molar-refractivity contribution in [3.63, 3.8) is 0 Å². The Kier molecular flexibility index (Phi) is 4.54. The van der Waals surface area contributed by atoms with Gasteiger partial charge in [0.05, 0.1) is 5.39 Å². The molecule has 2 aromatic heterocycles. The Bertz CT molecular complexity index is 788. The van der Waals surface area contributed by atoms with E-state index in [1.165, 1.54) is 16.9 Å². The fourth-order valence-corrected chi connectivity index (χ4v) is 4.95. The van der Waals surface area contributed by atoms with Crippen LogP contribution in [0.15, 0.2) is 35.3 Å². The number of hydrogen-bond acceptors (Lipinski definition) is 4. The Hall–Kier alpha value is -1.33. The van der Waals surface area contributed by atoms with E-state index in [1.54, 1.807) is 33.7 Å². The first-order chi connectivity index (χ1) is 10.7. The third-order valence-corrected chi connectivity index (χ3v) is 6.18. The molecule has 0 N–H and O–H groups in total. The van der Waals surface area contributed by atoms with Crippen LogP contribution in [0.1, 0.15) is 23.8 Å². The summed E-state index contributed by atoms with van der Waals surface area (Å²) in [6, 6.07) is 0. The molecule has 1 aliphatic carbocycles. The molecule has 1 unspecified atom stereocenters. The topological polar surface area (TPSA) is 34.9 Å². The number of nitrogens with zero attached hydrogens (tertiary/aromatic N) is 2. The minimum atomic E-state index is 0.0862. The minimum absolute atomic E-state index is 0.0862. The summed E-state index contributed by atoms with van der Waals surface area (Å²) in [6.07, 6.45) is 6.88. The molecule has 116 valence electrons. The molecule has 0 aliphatic heterocycles. The zero-order chi connectivity index (χ0) is 15.7. The van der Waals surface area contributed by atoms with Gasteiger partial charge in [0.2, 0.25) is 0 Å². The number of aromatic nitrogens is 2. The number of aryl methyl sites for hydroxylation is 1. The molecule has 2 heterocycles. The van der Waals surface area contributed by atoms with Gasteiger partial charge in [0.25, 0.3) is 5.56 Å². The lowest BCUT2D eigenvalue weighted by Gasteiger charge is -2.18. The second-order valence-corrected chi connectivity index (χ2v) is 7.80. The van der Waals surface area contributed by atoms with Gasteiger partial charge in [0.1, 0.15) is 4.83 Å². The van der Waals surface area contributed by atoms with E-state index in [-0.39, 0.29) is 5.56 Å². The van der Waals surface area contributed by atoms with E-state index in [1.807, 2.05) is 6.08 Å². The fourth-order valence-electron chi connectivity index (χ4n) is 2.95. The van der Waals surface area contributed by atoms with Gasteiger partial charge in [-0.2, -0.15) is 0 Å². The van der Waals surface area contributed by atoms with Gasteiger partial charge in [-0.25, -0.2) is 4.98 Å². The maximum atomic E-state index is 13.0. The Morgan fingerprint density at radius 1 is 1.45 bits per heavy atom. The predicted molar refractivity (Wildman–Crippen MR) is 96.2 cm³/mol. The summed E-state index contributed by atoms with van der Waals surface area (Å²) in [5, 5.41) is 1.61.